The number of fused-ring (bicyclic) bond motifs is 1. The van der Waals surface area contributed by atoms with Crippen molar-refractivity contribution in [3.05, 3.63) is 54.1 Å². The average molecular weight is 338 g/mol. The molecule has 0 bridgehead atoms. The Hall–Kier alpha value is -3.28. The van der Waals surface area contributed by atoms with Gasteiger partial charge in [-0.2, -0.15) is 0 Å². The van der Waals surface area contributed by atoms with E-state index in [1.165, 1.54) is 0 Å². The van der Waals surface area contributed by atoms with Crippen molar-refractivity contribution in [2.75, 3.05) is 19.0 Å². The topological polar surface area (TPSA) is 80.7 Å². The van der Waals surface area contributed by atoms with Gasteiger partial charge < -0.3 is 19.9 Å². The highest BCUT2D eigenvalue weighted by Gasteiger charge is 2.18. The van der Waals surface area contributed by atoms with E-state index in [1.54, 1.807) is 50.4 Å². The molecule has 1 aromatic heterocycles. The molecule has 0 fully saturated rings. The Morgan fingerprint density at radius 1 is 1.20 bits per heavy atom. The molecule has 0 radical (unpaired) electrons. The summed E-state index contributed by atoms with van der Waals surface area (Å²) in [6.07, 6.45) is 0. The second kappa shape index (κ2) is 7.09. The van der Waals surface area contributed by atoms with Crippen LogP contribution in [0.15, 0.2) is 48.5 Å². The highest BCUT2D eigenvalue weighted by atomic mass is 16.5. The largest absolute Gasteiger partial charge is 0.506 e. The molecule has 25 heavy (non-hydrogen) atoms. The Bertz CT molecular complexity index is 924. The maximum atomic E-state index is 12.3. The number of nitrogens with zero attached hydrogens (tertiary/aromatic N) is 1. The van der Waals surface area contributed by atoms with Crippen LogP contribution in [-0.2, 0) is 4.74 Å². The minimum absolute atomic E-state index is 0.0548. The number of carbonyl (C=O) groups excluding carboxylic acids is 1. The fourth-order valence-electron chi connectivity index (χ4n) is 2.50. The molecule has 0 saturated carbocycles. The van der Waals surface area contributed by atoms with Gasteiger partial charge >= 0.3 is 5.97 Å². The quantitative estimate of drug-likeness (QED) is 0.543. The summed E-state index contributed by atoms with van der Waals surface area (Å²) in [6, 6.07) is 13.9. The molecule has 3 aromatic rings. The van der Waals surface area contributed by atoms with Crippen molar-refractivity contribution in [2.45, 2.75) is 6.92 Å². The number of para-hydroxylation sites is 3. The number of methoxy groups -OCH3 is 1. The summed E-state index contributed by atoms with van der Waals surface area (Å²) >= 11 is 0. The number of rotatable bonds is 5. The van der Waals surface area contributed by atoms with Crippen LogP contribution in [0.2, 0.25) is 0 Å². The maximum absolute atomic E-state index is 12.3. The number of hydrogen-bond acceptors (Lipinski definition) is 6. The molecule has 0 spiro atoms. The molecule has 0 saturated heterocycles. The fourth-order valence-corrected chi connectivity index (χ4v) is 2.50. The summed E-state index contributed by atoms with van der Waals surface area (Å²) < 4.78 is 10.5. The number of pyridine rings is 1. The lowest BCUT2D eigenvalue weighted by molar-refractivity contribution is 0.0527. The second-order valence-corrected chi connectivity index (χ2v) is 5.28. The molecule has 1 heterocycles. The minimum atomic E-state index is -0.488. The molecule has 0 aliphatic rings. The summed E-state index contributed by atoms with van der Waals surface area (Å²) in [6.45, 7) is 2.00. The molecule has 0 atom stereocenters. The van der Waals surface area contributed by atoms with E-state index in [1.807, 2.05) is 12.1 Å². The highest BCUT2D eigenvalue weighted by Crippen LogP contribution is 2.31. The van der Waals surface area contributed by atoms with Gasteiger partial charge in [-0.3, -0.25) is 0 Å². The van der Waals surface area contributed by atoms with E-state index >= 15 is 0 Å². The van der Waals surface area contributed by atoms with Crippen molar-refractivity contribution >= 4 is 28.4 Å². The van der Waals surface area contributed by atoms with Crippen LogP contribution in [0.25, 0.3) is 10.9 Å². The van der Waals surface area contributed by atoms with Crippen LogP contribution < -0.4 is 10.1 Å². The van der Waals surface area contributed by atoms with Gasteiger partial charge in [-0.25, -0.2) is 9.78 Å². The van der Waals surface area contributed by atoms with Crippen LogP contribution >= 0.6 is 0 Å². The molecule has 0 amide bonds. The number of benzene rings is 2. The third kappa shape index (κ3) is 3.33. The van der Waals surface area contributed by atoms with Gasteiger partial charge in [0.15, 0.2) is 0 Å². The van der Waals surface area contributed by atoms with E-state index in [2.05, 4.69) is 10.3 Å². The first-order valence-corrected chi connectivity index (χ1v) is 7.84. The van der Waals surface area contributed by atoms with E-state index in [0.717, 1.165) is 5.39 Å². The highest BCUT2D eigenvalue weighted by molar-refractivity contribution is 6.01. The first-order valence-electron chi connectivity index (χ1n) is 7.84. The molecular weight excluding hydrogens is 320 g/mol. The van der Waals surface area contributed by atoms with E-state index in [-0.39, 0.29) is 23.7 Å². The monoisotopic (exact) mass is 338 g/mol. The molecule has 3 rings (SSSR count). The normalized spacial score (nSPS) is 10.5. The van der Waals surface area contributed by atoms with Crippen LogP contribution in [0.3, 0.4) is 0 Å². The van der Waals surface area contributed by atoms with E-state index in [0.29, 0.717) is 17.0 Å². The first-order chi connectivity index (χ1) is 12.1. The zero-order chi connectivity index (χ0) is 17.8. The number of ether oxygens (including phenoxy) is 2. The van der Waals surface area contributed by atoms with Gasteiger partial charge in [-0.15, -0.1) is 0 Å². The smallest absolute Gasteiger partial charge is 0.341 e. The van der Waals surface area contributed by atoms with Gasteiger partial charge in [-0.05, 0) is 31.2 Å². The van der Waals surface area contributed by atoms with Crippen LogP contribution in [-0.4, -0.2) is 29.8 Å². The first kappa shape index (κ1) is 16.6. The Morgan fingerprint density at radius 2 is 2.00 bits per heavy atom. The summed E-state index contributed by atoms with van der Waals surface area (Å²) in [7, 11) is 1.56. The van der Waals surface area contributed by atoms with Crippen molar-refractivity contribution in [3.63, 3.8) is 0 Å². The van der Waals surface area contributed by atoms with E-state index in [9.17, 15) is 9.90 Å². The zero-order valence-corrected chi connectivity index (χ0v) is 13.9. The van der Waals surface area contributed by atoms with E-state index < -0.39 is 5.97 Å². The van der Waals surface area contributed by atoms with Gasteiger partial charge in [0.2, 0.25) is 0 Å². The van der Waals surface area contributed by atoms with Crippen molar-refractivity contribution in [3.8, 4) is 11.5 Å². The molecule has 0 unspecified atom stereocenters. The SMILES string of the molecule is CCOC(=O)c1cc2cccc(OC)c2nc1Nc1ccccc1O. The predicted octanol–water partition coefficient (Wildman–Crippen LogP) is 3.87. The number of phenols is 1. The average Bonchev–Trinajstić information content (AvgIpc) is 2.62. The molecule has 0 aliphatic carbocycles. The number of esters is 1. The van der Waals surface area contributed by atoms with Gasteiger partial charge in [0.05, 0.1) is 19.4 Å². The number of nitrogens with one attached hydrogen (secondary N) is 1. The lowest BCUT2D eigenvalue weighted by Gasteiger charge is -2.14. The molecule has 6 heteroatoms. The molecule has 0 aliphatic heterocycles. The van der Waals surface area contributed by atoms with Gasteiger partial charge in [0, 0.05) is 5.39 Å². The molecular formula is C19H18N2O4. The number of hydrogen-bond donors (Lipinski definition) is 2. The lowest BCUT2D eigenvalue weighted by Crippen LogP contribution is -2.10. The van der Waals surface area contributed by atoms with Gasteiger partial charge in [0.25, 0.3) is 0 Å². The van der Waals surface area contributed by atoms with Crippen LogP contribution in [0.1, 0.15) is 17.3 Å². The predicted molar refractivity (Wildman–Crippen MR) is 95.6 cm³/mol. The number of phenolic OH excluding ortho intramolecular Hbond substituents is 1. The molecule has 128 valence electrons. The fraction of sp³-hybridized carbons (Fsp3) is 0.158. The van der Waals surface area contributed by atoms with Crippen molar-refractivity contribution in [2.24, 2.45) is 0 Å². The zero-order valence-electron chi connectivity index (χ0n) is 13.9. The Kier molecular flexibility index (Phi) is 4.70. The number of aromatic hydroxyl groups is 1. The number of carbonyl (C=O) groups is 1. The molecule has 2 aromatic carbocycles. The minimum Gasteiger partial charge on any atom is -0.506 e. The van der Waals surface area contributed by atoms with Gasteiger partial charge in [-0.1, -0.05) is 24.3 Å². The van der Waals surface area contributed by atoms with Crippen LogP contribution in [0.5, 0.6) is 11.5 Å². The molecule has 6 nitrogen and oxygen atoms in total. The third-order valence-electron chi connectivity index (χ3n) is 3.68. The number of anilines is 2. The summed E-state index contributed by atoms with van der Waals surface area (Å²) in [5.41, 5.74) is 1.33. The van der Waals surface area contributed by atoms with E-state index in [4.69, 9.17) is 9.47 Å². The maximum Gasteiger partial charge on any atom is 0.341 e. The lowest BCUT2D eigenvalue weighted by atomic mass is 10.1. The van der Waals surface area contributed by atoms with Gasteiger partial charge in [0.1, 0.15) is 28.4 Å². The van der Waals surface area contributed by atoms with Crippen molar-refractivity contribution < 1.29 is 19.4 Å². The molecule has 2 N–H and O–H groups in total. The Labute approximate surface area is 145 Å². The summed E-state index contributed by atoms with van der Waals surface area (Å²) in [5, 5.41) is 13.7. The Balaban J connectivity index is 2.17. The summed E-state index contributed by atoms with van der Waals surface area (Å²) in [5.74, 6) is 0.446. The van der Waals surface area contributed by atoms with Crippen molar-refractivity contribution in [1.29, 1.82) is 0 Å². The second-order valence-electron chi connectivity index (χ2n) is 5.28. The van der Waals surface area contributed by atoms with Crippen LogP contribution in [0, 0.1) is 0 Å². The summed E-state index contributed by atoms with van der Waals surface area (Å²) in [4.78, 5) is 16.9. The van der Waals surface area contributed by atoms with Crippen LogP contribution in [0.4, 0.5) is 11.5 Å². The van der Waals surface area contributed by atoms with Crippen molar-refractivity contribution in [1.82, 2.24) is 4.98 Å². The number of aromatic nitrogens is 1. The third-order valence-corrected chi connectivity index (χ3v) is 3.68. The standard InChI is InChI=1S/C19H18N2O4/c1-3-25-19(23)13-11-12-7-6-10-16(24-2)17(12)21-18(13)20-14-8-4-5-9-15(14)22/h4-11,22H,3H2,1-2H3,(H,20,21). The Morgan fingerprint density at radius 3 is 2.72 bits per heavy atom.